The number of hydrogen-bond acceptors (Lipinski definition) is 5. The van der Waals surface area contributed by atoms with Gasteiger partial charge < -0.3 is 10.6 Å². The number of benzene rings is 1. The van der Waals surface area contributed by atoms with E-state index in [4.69, 9.17) is 4.98 Å². The molecular weight excluding hydrogens is 352 g/mol. The lowest BCUT2D eigenvalue weighted by Crippen LogP contribution is -2.60. The number of aryl methyl sites for hydroxylation is 1. The van der Waals surface area contributed by atoms with Gasteiger partial charge >= 0.3 is 0 Å². The molecule has 0 radical (unpaired) electrons. The van der Waals surface area contributed by atoms with E-state index in [9.17, 15) is 0 Å². The summed E-state index contributed by atoms with van der Waals surface area (Å²) in [5.74, 6) is 0.722. The molecular formula is C22H28N4S. The fourth-order valence-corrected chi connectivity index (χ4v) is 5.47. The first-order chi connectivity index (χ1) is 12.7. The van der Waals surface area contributed by atoms with E-state index in [2.05, 4.69) is 74.5 Å². The Morgan fingerprint density at radius 3 is 2.56 bits per heavy atom. The highest BCUT2D eigenvalue weighted by Gasteiger charge is 2.37. The van der Waals surface area contributed by atoms with Crippen molar-refractivity contribution in [2.45, 2.75) is 64.6 Å². The van der Waals surface area contributed by atoms with Crippen molar-refractivity contribution in [3.63, 3.8) is 0 Å². The molecule has 142 valence electrons. The van der Waals surface area contributed by atoms with Crippen LogP contribution in [0.1, 0.15) is 46.1 Å². The van der Waals surface area contributed by atoms with Crippen LogP contribution < -0.4 is 10.6 Å². The summed E-state index contributed by atoms with van der Waals surface area (Å²) in [6.07, 6.45) is 3.95. The molecule has 1 aromatic carbocycles. The van der Waals surface area contributed by atoms with Crippen molar-refractivity contribution in [1.82, 2.24) is 15.3 Å². The minimum atomic E-state index is 0.0976. The number of thiophene rings is 1. The normalized spacial score (nSPS) is 19.3. The first kappa shape index (κ1) is 18.4. The maximum absolute atomic E-state index is 4.82. The molecule has 2 N–H and O–H groups in total. The van der Waals surface area contributed by atoms with Gasteiger partial charge in [-0.05, 0) is 71.0 Å². The molecule has 0 spiro atoms. The van der Waals surface area contributed by atoms with Crippen molar-refractivity contribution in [1.29, 1.82) is 0 Å². The second kappa shape index (κ2) is 6.57. The quantitative estimate of drug-likeness (QED) is 0.640. The molecule has 2 aromatic heterocycles. The van der Waals surface area contributed by atoms with E-state index in [1.54, 1.807) is 11.3 Å². The van der Waals surface area contributed by atoms with Crippen LogP contribution in [-0.4, -0.2) is 27.1 Å². The van der Waals surface area contributed by atoms with E-state index in [0.717, 1.165) is 24.5 Å². The number of aromatic nitrogens is 2. The van der Waals surface area contributed by atoms with Gasteiger partial charge in [0.1, 0.15) is 0 Å². The predicted molar refractivity (Wildman–Crippen MR) is 116 cm³/mol. The zero-order valence-corrected chi connectivity index (χ0v) is 17.6. The van der Waals surface area contributed by atoms with Gasteiger partial charge in [0.2, 0.25) is 5.95 Å². The Hall–Kier alpha value is -1.98. The number of nitrogens with one attached hydrogen (secondary N) is 2. The predicted octanol–water partition coefficient (Wildman–Crippen LogP) is 5.39. The molecule has 0 unspecified atom stereocenters. The van der Waals surface area contributed by atoms with Crippen molar-refractivity contribution in [2.24, 2.45) is 0 Å². The Balaban J connectivity index is 1.58. The third kappa shape index (κ3) is 4.14. The van der Waals surface area contributed by atoms with E-state index in [1.807, 2.05) is 12.3 Å². The summed E-state index contributed by atoms with van der Waals surface area (Å²) in [7, 11) is 0. The molecule has 3 heterocycles. The van der Waals surface area contributed by atoms with Crippen LogP contribution in [0.3, 0.4) is 0 Å². The lowest BCUT2D eigenvalue weighted by molar-refractivity contribution is 0.170. The summed E-state index contributed by atoms with van der Waals surface area (Å²) in [4.78, 5) is 10.5. The van der Waals surface area contributed by atoms with E-state index in [-0.39, 0.29) is 11.1 Å². The van der Waals surface area contributed by atoms with Crippen LogP contribution in [-0.2, 0) is 0 Å². The third-order valence-electron chi connectivity index (χ3n) is 5.10. The van der Waals surface area contributed by atoms with Crippen LogP contribution in [0.4, 0.5) is 5.95 Å². The summed E-state index contributed by atoms with van der Waals surface area (Å²) < 4.78 is 1.30. The highest BCUT2D eigenvalue weighted by Crippen LogP contribution is 2.34. The van der Waals surface area contributed by atoms with Gasteiger partial charge in [-0.25, -0.2) is 9.97 Å². The number of anilines is 1. The fraction of sp³-hybridized carbons (Fsp3) is 0.455. The van der Waals surface area contributed by atoms with Gasteiger partial charge in [-0.1, -0.05) is 17.7 Å². The van der Waals surface area contributed by atoms with Crippen LogP contribution in [0.5, 0.6) is 0 Å². The number of nitrogens with zero attached hydrogens (tertiary/aromatic N) is 2. The first-order valence-electron chi connectivity index (χ1n) is 9.59. The zero-order valence-electron chi connectivity index (χ0n) is 16.8. The van der Waals surface area contributed by atoms with Crippen LogP contribution in [0.2, 0.25) is 0 Å². The minimum Gasteiger partial charge on any atom is -0.351 e. The van der Waals surface area contributed by atoms with Gasteiger partial charge in [-0.3, -0.25) is 0 Å². The molecule has 0 bridgehead atoms. The maximum Gasteiger partial charge on any atom is 0.223 e. The van der Waals surface area contributed by atoms with Gasteiger partial charge in [0, 0.05) is 28.0 Å². The minimum absolute atomic E-state index is 0.0976. The lowest BCUT2D eigenvalue weighted by atomic mass is 9.80. The second-order valence-corrected chi connectivity index (χ2v) is 10.1. The average molecular weight is 381 g/mol. The summed E-state index contributed by atoms with van der Waals surface area (Å²) in [5, 5.41) is 8.60. The van der Waals surface area contributed by atoms with Crippen LogP contribution in [0.15, 0.2) is 36.5 Å². The molecule has 0 atom stereocenters. The molecule has 27 heavy (non-hydrogen) atoms. The van der Waals surface area contributed by atoms with E-state index < -0.39 is 0 Å². The number of hydrogen-bond donors (Lipinski definition) is 2. The van der Waals surface area contributed by atoms with Crippen LogP contribution >= 0.6 is 11.3 Å². The Kier molecular flexibility index (Phi) is 4.47. The Morgan fingerprint density at radius 2 is 1.81 bits per heavy atom. The zero-order chi connectivity index (χ0) is 19.2. The number of rotatable bonds is 3. The van der Waals surface area contributed by atoms with Gasteiger partial charge in [-0.2, -0.15) is 0 Å². The molecule has 3 aromatic rings. The van der Waals surface area contributed by atoms with Crippen molar-refractivity contribution in [2.75, 3.05) is 5.32 Å². The summed E-state index contributed by atoms with van der Waals surface area (Å²) in [6.45, 7) is 11.2. The van der Waals surface area contributed by atoms with Crippen molar-refractivity contribution in [3.8, 4) is 10.6 Å². The molecule has 0 amide bonds. The standard InChI is InChI=1S/C22H28N4S/c1-14-6-7-18-15(10-14)11-19(27-18)17-8-9-23-20(25-17)24-16-12-21(2,3)26-22(4,5)13-16/h6-11,16,26H,12-13H2,1-5H3,(H,23,24,25). The molecule has 1 aliphatic rings. The maximum atomic E-state index is 4.82. The SMILES string of the molecule is Cc1ccc2sc(-c3ccnc(NC4CC(C)(C)NC(C)(C)C4)n3)cc2c1. The summed E-state index contributed by atoms with van der Waals surface area (Å²) in [6, 6.07) is 11.2. The topological polar surface area (TPSA) is 49.8 Å². The van der Waals surface area contributed by atoms with Gasteiger partial charge in [0.25, 0.3) is 0 Å². The second-order valence-electron chi connectivity index (χ2n) is 9.06. The molecule has 0 saturated carbocycles. The fourth-order valence-electron chi connectivity index (χ4n) is 4.46. The van der Waals surface area contributed by atoms with Crippen molar-refractivity contribution in [3.05, 3.63) is 42.1 Å². The molecule has 4 nitrogen and oxygen atoms in total. The molecule has 4 rings (SSSR count). The smallest absolute Gasteiger partial charge is 0.223 e. The summed E-state index contributed by atoms with van der Waals surface area (Å²) >= 11 is 1.79. The Bertz CT molecular complexity index is 957. The van der Waals surface area contributed by atoms with Gasteiger partial charge in [0.05, 0.1) is 10.6 Å². The Labute approximate surface area is 165 Å². The highest BCUT2D eigenvalue weighted by atomic mass is 32.1. The average Bonchev–Trinajstić information content (AvgIpc) is 2.95. The number of piperidine rings is 1. The largest absolute Gasteiger partial charge is 0.351 e. The van der Waals surface area contributed by atoms with Crippen LogP contribution in [0, 0.1) is 6.92 Å². The highest BCUT2D eigenvalue weighted by molar-refractivity contribution is 7.22. The van der Waals surface area contributed by atoms with E-state index in [0.29, 0.717) is 6.04 Å². The summed E-state index contributed by atoms with van der Waals surface area (Å²) in [5.41, 5.74) is 2.47. The van der Waals surface area contributed by atoms with E-state index >= 15 is 0 Å². The Morgan fingerprint density at radius 1 is 1.07 bits per heavy atom. The van der Waals surface area contributed by atoms with Crippen molar-refractivity contribution < 1.29 is 0 Å². The first-order valence-corrected chi connectivity index (χ1v) is 10.4. The third-order valence-corrected chi connectivity index (χ3v) is 6.24. The lowest BCUT2D eigenvalue weighted by Gasteiger charge is -2.46. The van der Waals surface area contributed by atoms with Crippen LogP contribution in [0.25, 0.3) is 20.7 Å². The molecule has 1 fully saturated rings. The molecule has 0 aliphatic carbocycles. The molecule has 1 saturated heterocycles. The van der Waals surface area contributed by atoms with E-state index in [1.165, 1.54) is 20.5 Å². The number of fused-ring (bicyclic) bond motifs is 1. The monoisotopic (exact) mass is 380 g/mol. The van der Waals surface area contributed by atoms with Gasteiger partial charge in [-0.15, -0.1) is 11.3 Å². The van der Waals surface area contributed by atoms with Gasteiger partial charge in [0.15, 0.2) is 0 Å². The molecule has 1 aliphatic heterocycles. The van der Waals surface area contributed by atoms with Crippen molar-refractivity contribution >= 4 is 27.4 Å². The molecule has 5 heteroatoms.